The highest BCUT2D eigenvalue weighted by atomic mass is 16.5. The Kier molecular flexibility index (Phi) is 3.91. The molecule has 0 aliphatic heterocycles. The van der Waals surface area contributed by atoms with Crippen LogP contribution in [-0.4, -0.2) is 25.4 Å². The van der Waals surface area contributed by atoms with Gasteiger partial charge in [0, 0.05) is 12.3 Å². The molecule has 0 saturated carbocycles. The van der Waals surface area contributed by atoms with Crippen molar-refractivity contribution in [1.29, 1.82) is 0 Å². The van der Waals surface area contributed by atoms with Gasteiger partial charge in [0.05, 0.1) is 26.1 Å². The Morgan fingerprint density at radius 1 is 1.11 bits per heavy atom. The fourth-order valence-electron chi connectivity index (χ4n) is 1.48. The number of hydrogen-bond acceptors (Lipinski definition) is 4. The molecular formula is C14H14N2O2. The minimum Gasteiger partial charge on any atom is -0.491 e. The summed E-state index contributed by atoms with van der Waals surface area (Å²) >= 11 is 0. The van der Waals surface area contributed by atoms with Crippen LogP contribution in [0.2, 0.25) is 0 Å². The lowest BCUT2D eigenvalue weighted by Crippen LogP contribution is -1.92. The molecular weight excluding hydrogens is 228 g/mol. The second-order valence-corrected chi connectivity index (χ2v) is 3.57. The van der Waals surface area contributed by atoms with Crippen molar-refractivity contribution < 1.29 is 9.47 Å². The number of rotatable bonds is 4. The van der Waals surface area contributed by atoms with Crippen LogP contribution in [0.3, 0.4) is 0 Å². The Bertz CT molecular complexity index is 539. The van der Waals surface area contributed by atoms with Gasteiger partial charge in [-0.05, 0) is 5.56 Å². The van der Waals surface area contributed by atoms with Gasteiger partial charge in [0.1, 0.15) is 0 Å². The number of ether oxygens (including phenoxy) is 2. The number of pyridine rings is 1. The average Bonchev–Trinajstić information content (AvgIpc) is 2.45. The third kappa shape index (κ3) is 2.85. The van der Waals surface area contributed by atoms with Crippen molar-refractivity contribution in [1.82, 2.24) is 4.98 Å². The van der Waals surface area contributed by atoms with Crippen LogP contribution >= 0.6 is 0 Å². The smallest absolute Gasteiger partial charge is 0.256 e. The van der Waals surface area contributed by atoms with Gasteiger partial charge >= 0.3 is 0 Å². The highest BCUT2D eigenvalue weighted by Gasteiger charge is 2.04. The highest BCUT2D eigenvalue weighted by Crippen LogP contribution is 2.27. The van der Waals surface area contributed by atoms with Gasteiger partial charge in [-0.25, -0.2) is 4.98 Å². The number of methoxy groups -OCH3 is 2. The van der Waals surface area contributed by atoms with Crippen LogP contribution in [0.15, 0.2) is 47.6 Å². The Morgan fingerprint density at radius 3 is 2.56 bits per heavy atom. The molecule has 0 spiro atoms. The van der Waals surface area contributed by atoms with Crippen molar-refractivity contribution in [3.05, 3.63) is 48.2 Å². The summed E-state index contributed by atoms with van der Waals surface area (Å²) in [5.41, 5.74) is 1.75. The summed E-state index contributed by atoms with van der Waals surface area (Å²) in [5, 5.41) is 0. The third-order valence-electron chi connectivity index (χ3n) is 2.38. The average molecular weight is 242 g/mol. The predicted octanol–water partition coefficient (Wildman–Crippen LogP) is 2.85. The molecule has 4 heteroatoms. The molecule has 0 amide bonds. The zero-order valence-electron chi connectivity index (χ0n) is 10.3. The van der Waals surface area contributed by atoms with E-state index in [1.807, 2.05) is 30.3 Å². The van der Waals surface area contributed by atoms with Gasteiger partial charge in [-0.1, -0.05) is 30.3 Å². The van der Waals surface area contributed by atoms with Crippen molar-refractivity contribution in [3.63, 3.8) is 0 Å². The molecule has 0 bridgehead atoms. The molecule has 0 fully saturated rings. The topological polar surface area (TPSA) is 43.7 Å². The summed E-state index contributed by atoms with van der Waals surface area (Å²) in [6.45, 7) is 0. The number of nitrogens with zero attached hydrogens (tertiary/aromatic N) is 2. The summed E-state index contributed by atoms with van der Waals surface area (Å²) in [4.78, 5) is 8.46. The zero-order chi connectivity index (χ0) is 12.8. The first-order valence-corrected chi connectivity index (χ1v) is 5.50. The molecule has 2 aromatic rings. The van der Waals surface area contributed by atoms with Crippen LogP contribution in [0.5, 0.6) is 11.6 Å². The lowest BCUT2D eigenvalue weighted by atomic mass is 10.2. The second kappa shape index (κ2) is 5.82. The van der Waals surface area contributed by atoms with E-state index in [9.17, 15) is 0 Å². The van der Waals surface area contributed by atoms with E-state index in [2.05, 4.69) is 9.98 Å². The van der Waals surface area contributed by atoms with Gasteiger partial charge in [0.15, 0.2) is 5.75 Å². The molecule has 0 aliphatic carbocycles. The van der Waals surface area contributed by atoms with E-state index < -0.39 is 0 Å². The maximum atomic E-state index is 5.17. The van der Waals surface area contributed by atoms with Gasteiger partial charge in [0.25, 0.3) is 5.88 Å². The van der Waals surface area contributed by atoms with E-state index in [0.29, 0.717) is 11.6 Å². The number of hydrogen-bond donors (Lipinski definition) is 0. The van der Waals surface area contributed by atoms with Crippen molar-refractivity contribution in [2.75, 3.05) is 14.2 Å². The first-order chi connectivity index (χ1) is 8.83. The molecule has 1 aromatic carbocycles. The van der Waals surface area contributed by atoms with Crippen molar-refractivity contribution in [3.8, 4) is 11.6 Å². The number of benzene rings is 1. The molecule has 18 heavy (non-hydrogen) atoms. The summed E-state index contributed by atoms with van der Waals surface area (Å²) in [6.07, 6.45) is 3.42. The monoisotopic (exact) mass is 242 g/mol. The zero-order valence-corrected chi connectivity index (χ0v) is 10.3. The van der Waals surface area contributed by atoms with Crippen LogP contribution in [0, 0.1) is 0 Å². The predicted molar refractivity (Wildman–Crippen MR) is 71.0 cm³/mol. The minimum atomic E-state index is 0.455. The molecule has 0 aliphatic rings. The molecule has 0 N–H and O–H groups in total. The van der Waals surface area contributed by atoms with Crippen molar-refractivity contribution >= 4 is 11.9 Å². The molecule has 0 radical (unpaired) electrons. The van der Waals surface area contributed by atoms with E-state index in [1.165, 1.54) is 0 Å². The van der Waals surface area contributed by atoms with Gasteiger partial charge < -0.3 is 9.47 Å². The van der Waals surface area contributed by atoms with E-state index in [1.54, 1.807) is 32.7 Å². The molecule has 1 heterocycles. The molecule has 2 rings (SSSR count). The molecule has 1 aromatic heterocycles. The number of aromatic nitrogens is 1. The van der Waals surface area contributed by atoms with Gasteiger partial charge in [-0.3, -0.25) is 4.99 Å². The first kappa shape index (κ1) is 12.1. The summed E-state index contributed by atoms with van der Waals surface area (Å²) in [7, 11) is 3.13. The lowest BCUT2D eigenvalue weighted by molar-refractivity contribution is 0.343. The lowest BCUT2D eigenvalue weighted by Gasteiger charge is -2.05. The van der Waals surface area contributed by atoms with E-state index in [-0.39, 0.29) is 0 Å². The van der Waals surface area contributed by atoms with E-state index >= 15 is 0 Å². The van der Waals surface area contributed by atoms with Crippen LogP contribution in [0.4, 0.5) is 5.69 Å². The first-order valence-electron chi connectivity index (χ1n) is 5.50. The summed E-state index contributed by atoms with van der Waals surface area (Å²) in [5.74, 6) is 1.02. The van der Waals surface area contributed by atoms with Crippen LogP contribution in [0.1, 0.15) is 5.56 Å². The van der Waals surface area contributed by atoms with Gasteiger partial charge in [-0.15, -0.1) is 0 Å². The normalized spacial score (nSPS) is 10.6. The maximum Gasteiger partial charge on any atom is 0.256 e. The standard InChI is InChI=1S/C14H14N2O2/c1-17-13-8-12(10-16-14(13)18-2)15-9-11-6-4-3-5-7-11/h3-10H,1-2H3/b15-9+. The van der Waals surface area contributed by atoms with E-state index in [4.69, 9.17) is 9.47 Å². The molecule has 0 atom stereocenters. The number of aliphatic imine (C=N–C) groups is 1. The largest absolute Gasteiger partial charge is 0.491 e. The Hall–Kier alpha value is -2.36. The van der Waals surface area contributed by atoms with Crippen molar-refractivity contribution in [2.45, 2.75) is 0 Å². The SMILES string of the molecule is COc1cc(/N=C/c2ccccc2)cnc1OC. The van der Waals surface area contributed by atoms with Gasteiger partial charge in [-0.2, -0.15) is 0 Å². The Morgan fingerprint density at radius 2 is 1.89 bits per heavy atom. The van der Waals surface area contributed by atoms with Gasteiger partial charge in [0.2, 0.25) is 0 Å². The molecule has 0 saturated heterocycles. The third-order valence-corrected chi connectivity index (χ3v) is 2.38. The molecule has 92 valence electrons. The van der Waals surface area contributed by atoms with Crippen LogP contribution in [-0.2, 0) is 0 Å². The summed E-state index contributed by atoms with van der Waals surface area (Å²) < 4.78 is 10.2. The molecule has 4 nitrogen and oxygen atoms in total. The van der Waals surface area contributed by atoms with Crippen molar-refractivity contribution in [2.24, 2.45) is 4.99 Å². The second-order valence-electron chi connectivity index (χ2n) is 3.57. The fraction of sp³-hybridized carbons (Fsp3) is 0.143. The Balaban J connectivity index is 2.22. The highest BCUT2D eigenvalue weighted by molar-refractivity contribution is 5.81. The summed E-state index contributed by atoms with van der Waals surface area (Å²) in [6, 6.07) is 11.7. The van der Waals surface area contributed by atoms with Crippen LogP contribution < -0.4 is 9.47 Å². The van der Waals surface area contributed by atoms with E-state index in [0.717, 1.165) is 11.3 Å². The minimum absolute atomic E-state index is 0.455. The molecule has 0 unspecified atom stereocenters. The maximum absolute atomic E-state index is 5.17. The Labute approximate surface area is 106 Å². The van der Waals surface area contributed by atoms with Crippen LogP contribution in [0.25, 0.3) is 0 Å². The fourth-order valence-corrected chi connectivity index (χ4v) is 1.48. The quantitative estimate of drug-likeness (QED) is 0.774.